The predicted octanol–water partition coefficient (Wildman–Crippen LogP) is 6.29. The molecule has 3 aromatic carbocycles. The van der Waals surface area contributed by atoms with Gasteiger partial charge in [0.1, 0.15) is 17.2 Å². The fourth-order valence-electron chi connectivity index (χ4n) is 4.40. The number of aromatic nitrogens is 3. The second-order valence-electron chi connectivity index (χ2n) is 9.03. The summed E-state index contributed by atoms with van der Waals surface area (Å²) in [5, 5.41) is 8.72. The van der Waals surface area contributed by atoms with Gasteiger partial charge in [-0.2, -0.15) is 5.10 Å². The summed E-state index contributed by atoms with van der Waals surface area (Å²) in [6, 6.07) is 28.0. The minimum absolute atomic E-state index is 0.0245. The lowest BCUT2D eigenvalue weighted by Crippen LogP contribution is -2.33. The van der Waals surface area contributed by atoms with E-state index < -0.39 is 0 Å². The van der Waals surface area contributed by atoms with Crippen LogP contribution in [0.4, 0.5) is 4.39 Å². The molecule has 6 heteroatoms. The van der Waals surface area contributed by atoms with Crippen LogP contribution in [0.2, 0.25) is 0 Å². The number of nitrogens with one attached hydrogen (secondary N) is 1. The van der Waals surface area contributed by atoms with Crippen molar-refractivity contribution in [2.24, 2.45) is 0 Å². The standard InChI is InChI=1S/C30H27FN4O/c1-20-18-26(30(36)32-21(2)16-17-22-10-5-3-6-11-22)33-29-27(20)28(23-12-7-4-8-13-23)34-35(29)25-15-9-14-24(31)19-25/h3-15,18-19,21H,16-17H2,1-2H3,(H,32,36)/t21-/m0/s1. The van der Waals surface area contributed by atoms with E-state index >= 15 is 0 Å². The summed E-state index contributed by atoms with van der Waals surface area (Å²) in [4.78, 5) is 17.9. The van der Waals surface area contributed by atoms with Gasteiger partial charge in [-0.1, -0.05) is 66.7 Å². The smallest absolute Gasteiger partial charge is 0.270 e. The molecule has 180 valence electrons. The Morgan fingerprint density at radius 1 is 0.972 bits per heavy atom. The number of hydrogen-bond donors (Lipinski definition) is 1. The van der Waals surface area contributed by atoms with Crippen LogP contribution in [0, 0.1) is 12.7 Å². The van der Waals surface area contributed by atoms with Crippen LogP contribution in [-0.4, -0.2) is 26.7 Å². The fourth-order valence-corrected chi connectivity index (χ4v) is 4.40. The highest BCUT2D eigenvalue weighted by atomic mass is 19.1. The molecule has 5 aromatic rings. The van der Waals surface area contributed by atoms with Gasteiger partial charge in [-0.05, 0) is 62.1 Å². The van der Waals surface area contributed by atoms with Gasteiger partial charge in [0.25, 0.3) is 5.91 Å². The van der Waals surface area contributed by atoms with Crippen LogP contribution in [0.5, 0.6) is 0 Å². The van der Waals surface area contributed by atoms with Gasteiger partial charge in [0.15, 0.2) is 5.65 Å². The van der Waals surface area contributed by atoms with E-state index in [0.29, 0.717) is 17.0 Å². The van der Waals surface area contributed by atoms with E-state index in [1.54, 1.807) is 22.9 Å². The Hall–Kier alpha value is -4.32. The van der Waals surface area contributed by atoms with E-state index in [0.717, 1.165) is 35.0 Å². The topological polar surface area (TPSA) is 59.8 Å². The Balaban J connectivity index is 1.50. The minimum Gasteiger partial charge on any atom is -0.348 e. The number of aryl methyl sites for hydroxylation is 2. The number of benzene rings is 3. The largest absolute Gasteiger partial charge is 0.348 e. The van der Waals surface area contributed by atoms with Crippen LogP contribution < -0.4 is 5.32 Å². The Bertz CT molecular complexity index is 1510. The van der Waals surface area contributed by atoms with Gasteiger partial charge in [0.2, 0.25) is 0 Å². The molecule has 1 amide bonds. The Kier molecular flexibility index (Phi) is 6.58. The van der Waals surface area contributed by atoms with Crippen molar-refractivity contribution in [2.45, 2.75) is 32.7 Å². The number of carbonyl (C=O) groups is 1. The van der Waals surface area contributed by atoms with E-state index in [2.05, 4.69) is 17.4 Å². The third-order valence-electron chi connectivity index (χ3n) is 6.25. The highest BCUT2D eigenvalue weighted by Gasteiger charge is 2.21. The van der Waals surface area contributed by atoms with Crippen molar-refractivity contribution in [1.82, 2.24) is 20.1 Å². The molecule has 0 unspecified atom stereocenters. The van der Waals surface area contributed by atoms with Gasteiger partial charge < -0.3 is 5.32 Å². The third-order valence-corrected chi connectivity index (χ3v) is 6.25. The molecule has 1 atom stereocenters. The van der Waals surface area contributed by atoms with Crippen LogP contribution in [-0.2, 0) is 6.42 Å². The first-order valence-electron chi connectivity index (χ1n) is 12.1. The monoisotopic (exact) mass is 478 g/mol. The molecule has 0 spiro atoms. The zero-order chi connectivity index (χ0) is 25.1. The van der Waals surface area contributed by atoms with Crippen molar-refractivity contribution in [3.05, 3.63) is 114 Å². The highest BCUT2D eigenvalue weighted by Crippen LogP contribution is 2.32. The maximum atomic E-state index is 14.1. The van der Waals surface area contributed by atoms with Crippen LogP contribution >= 0.6 is 0 Å². The summed E-state index contributed by atoms with van der Waals surface area (Å²) >= 11 is 0. The van der Waals surface area contributed by atoms with Crippen LogP contribution in [0.15, 0.2) is 91.0 Å². The number of halogens is 1. The van der Waals surface area contributed by atoms with E-state index in [-0.39, 0.29) is 17.8 Å². The molecule has 0 radical (unpaired) electrons. The Labute approximate surface area is 209 Å². The summed E-state index contributed by atoms with van der Waals surface area (Å²) in [6.45, 7) is 3.94. The summed E-state index contributed by atoms with van der Waals surface area (Å²) in [6.07, 6.45) is 1.69. The average molecular weight is 479 g/mol. The molecule has 5 rings (SSSR count). The van der Waals surface area contributed by atoms with Crippen molar-refractivity contribution in [3.63, 3.8) is 0 Å². The predicted molar refractivity (Wildman–Crippen MR) is 141 cm³/mol. The van der Waals surface area contributed by atoms with Crippen molar-refractivity contribution in [3.8, 4) is 16.9 Å². The zero-order valence-electron chi connectivity index (χ0n) is 20.3. The molecule has 0 saturated carbocycles. The lowest BCUT2D eigenvalue weighted by atomic mass is 10.0. The normalized spacial score (nSPS) is 12.0. The zero-order valence-corrected chi connectivity index (χ0v) is 20.3. The van der Waals surface area contributed by atoms with E-state index in [4.69, 9.17) is 10.1 Å². The first-order valence-corrected chi connectivity index (χ1v) is 12.1. The van der Waals surface area contributed by atoms with Gasteiger partial charge in [-0.25, -0.2) is 14.1 Å². The van der Waals surface area contributed by atoms with Gasteiger partial charge in [0.05, 0.1) is 11.1 Å². The van der Waals surface area contributed by atoms with Crippen LogP contribution in [0.1, 0.15) is 35.0 Å². The summed E-state index contributed by atoms with van der Waals surface area (Å²) in [7, 11) is 0. The number of rotatable bonds is 7. The Morgan fingerprint density at radius 3 is 2.42 bits per heavy atom. The first kappa shape index (κ1) is 23.4. The molecule has 5 nitrogen and oxygen atoms in total. The van der Waals surface area contributed by atoms with Gasteiger partial charge >= 0.3 is 0 Å². The fraction of sp³-hybridized carbons (Fsp3) is 0.167. The molecule has 0 saturated heterocycles. The van der Waals surface area contributed by atoms with Crippen molar-refractivity contribution in [1.29, 1.82) is 0 Å². The summed E-state index contributed by atoms with van der Waals surface area (Å²) < 4.78 is 15.7. The molecule has 2 heterocycles. The molecular weight excluding hydrogens is 451 g/mol. The second-order valence-corrected chi connectivity index (χ2v) is 9.03. The molecule has 2 aromatic heterocycles. The van der Waals surface area contributed by atoms with Gasteiger partial charge in [-0.15, -0.1) is 0 Å². The summed E-state index contributed by atoms with van der Waals surface area (Å²) in [5.41, 5.74) is 5.15. The van der Waals surface area contributed by atoms with Crippen molar-refractivity contribution >= 4 is 16.9 Å². The maximum absolute atomic E-state index is 14.1. The molecule has 36 heavy (non-hydrogen) atoms. The van der Waals surface area contributed by atoms with E-state index in [9.17, 15) is 9.18 Å². The van der Waals surface area contributed by atoms with Gasteiger partial charge in [0, 0.05) is 11.6 Å². The van der Waals surface area contributed by atoms with E-state index in [1.807, 2.05) is 62.4 Å². The summed E-state index contributed by atoms with van der Waals surface area (Å²) in [5.74, 6) is -0.607. The number of hydrogen-bond acceptors (Lipinski definition) is 3. The lowest BCUT2D eigenvalue weighted by molar-refractivity contribution is 0.0933. The first-order chi connectivity index (χ1) is 17.5. The highest BCUT2D eigenvalue weighted by molar-refractivity contribution is 5.99. The molecule has 0 fully saturated rings. The Morgan fingerprint density at radius 2 is 1.69 bits per heavy atom. The molecule has 0 aliphatic carbocycles. The molecule has 0 aliphatic rings. The number of carbonyl (C=O) groups excluding carboxylic acids is 1. The quantitative estimate of drug-likeness (QED) is 0.299. The molecular formula is C30H27FN4O. The molecule has 1 N–H and O–H groups in total. The second kappa shape index (κ2) is 10.1. The van der Waals surface area contributed by atoms with Gasteiger partial charge in [-0.3, -0.25) is 4.79 Å². The van der Waals surface area contributed by atoms with E-state index in [1.165, 1.54) is 17.7 Å². The number of amides is 1. The number of fused-ring (bicyclic) bond motifs is 1. The third kappa shape index (κ3) is 4.89. The molecule has 0 aliphatic heterocycles. The number of nitrogens with zero attached hydrogens (tertiary/aromatic N) is 3. The minimum atomic E-state index is -0.365. The van der Waals surface area contributed by atoms with Crippen molar-refractivity contribution < 1.29 is 9.18 Å². The maximum Gasteiger partial charge on any atom is 0.270 e. The average Bonchev–Trinajstić information content (AvgIpc) is 3.29. The molecule has 0 bridgehead atoms. The van der Waals surface area contributed by atoms with Crippen molar-refractivity contribution in [2.75, 3.05) is 0 Å². The van der Waals surface area contributed by atoms with Crippen LogP contribution in [0.3, 0.4) is 0 Å². The number of pyridine rings is 1. The SMILES string of the molecule is Cc1cc(C(=O)N[C@@H](C)CCc2ccccc2)nc2c1c(-c1ccccc1)nn2-c1cccc(F)c1. The lowest BCUT2D eigenvalue weighted by Gasteiger charge is -2.14. The van der Waals surface area contributed by atoms with Crippen LogP contribution in [0.25, 0.3) is 28.0 Å².